The third kappa shape index (κ3) is 2.15. The van der Waals surface area contributed by atoms with Gasteiger partial charge in [0.25, 0.3) is 5.91 Å². The van der Waals surface area contributed by atoms with Crippen LogP contribution in [0.15, 0.2) is 43.0 Å². The quantitative estimate of drug-likeness (QED) is 0.687. The Morgan fingerprint density at radius 2 is 2.12 bits per heavy atom. The number of aromatic nitrogens is 3. The summed E-state index contributed by atoms with van der Waals surface area (Å²) in [4.78, 5) is 28.3. The molecule has 0 saturated carbocycles. The molecule has 25 heavy (non-hydrogen) atoms. The summed E-state index contributed by atoms with van der Waals surface area (Å²) in [6, 6.07) is 8.15. The Hall–Kier alpha value is -2.82. The van der Waals surface area contributed by atoms with Crippen molar-refractivity contribution >= 4 is 16.8 Å². The Labute approximate surface area is 145 Å². The van der Waals surface area contributed by atoms with Gasteiger partial charge in [0.1, 0.15) is 6.33 Å². The summed E-state index contributed by atoms with van der Waals surface area (Å²) < 4.78 is 0. The van der Waals surface area contributed by atoms with Crippen molar-refractivity contribution in [1.29, 1.82) is 0 Å². The van der Waals surface area contributed by atoms with Crippen molar-refractivity contribution in [1.82, 2.24) is 19.9 Å². The number of aryl methyl sites for hydroxylation is 1. The van der Waals surface area contributed by atoms with Gasteiger partial charge in [-0.2, -0.15) is 0 Å². The van der Waals surface area contributed by atoms with Crippen LogP contribution in [0.5, 0.6) is 0 Å². The van der Waals surface area contributed by atoms with Gasteiger partial charge in [-0.3, -0.25) is 9.78 Å². The number of hydrogen-bond acceptors (Lipinski definition) is 4. The molecule has 0 radical (unpaired) electrons. The van der Waals surface area contributed by atoms with Gasteiger partial charge in [-0.1, -0.05) is 0 Å². The van der Waals surface area contributed by atoms with E-state index in [1.54, 1.807) is 12.5 Å². The van der Waals surface area contributed by atoms with Crippen molar-refractivity contribution in [2.75, 3.05) is 0 Å². The monoisotopic (exact) mass is 330 g/mol. The van der Waals surface area contributed by atoms with Gasteiger partial charge in [0.2, 0.25) is 0 Å². The summed E-state index contributed by atoms with van der Waals surface area (Å²) in [7, 11) is 0. The maximum absolute atomic E-state index is 13.3. The van der Waals surface area contributed by atoms with E-state index in [2.05, 4.69) is 26.8 Å². The fourth-order valence-corrected chi connectivity index (χ4v) is 4.30. The number of hydrogen-bond donors (Lipinski definition) is 0. The summed E-state index contributed by atoms with van der Waals surface area (Å²) in [6.07, 6.45) is 8.14. The lowest BCUT2D eigenvalue weighted by atomic mass is 9.97. The summed E-state index contributed by atoms with van der Waals surface area (Å²) in [5, 5.41) is 1.04. The van der Waals surface area contributed by atoms with Crippen LogP contribution in [0.25, 0.3) is 10.9 Å². The van der Waals surface area contributed by atoms with Crippen LogP contribution in [0.1, 0.15) is 46.1 Å². The molecule has 2 unspecified atom stereocenters. The Morgan fingerprint density at radius 3 is 3.04 bits per heavy atom. The van der Waals surface area contributed by atoms with Gasteiger partial charge >= 0.3 is 0 Å². The topological polar surface area (TPSA) is 59.0 Å². The van der Waals surface area contributed by atoms with Crippen LogP contribution in [0.4, 0.5) is 0 Å². The minimum atomic E-state index is 0.104. The zero-order valence-corrected chi connectivity index (χ0v) is 14.0. The highest BCUT2D eigenvalue weighted by Gasteiger charge is 2.43. The lowest BCUT2D eigenvalue weighted by Crippen LogP contribution is -2.42. The van der Waals surface area contributed by atoms with Crippen LogP contribution in [0.2, 0.25) is 0 Å². The first-order valence-electron chi connectivity index (χ1n) is 8.69. The second-order valence-electron chi connectivity index (χ2n) is 6.95. The van der Waals surface area contributed by atoms with E-state index in [0.29, 0.717) is 0 Å². The third-order valence-electron chi connectivity index (χ3n) is 5.56. The molecule has 124 valence electrons. The molecule has 5 nitrogen and oxygen atoms in total. The first-order chi connectivity index (χ1) is 12.2. The molecule has 2 aliphatic heterocycles. The van der Waals surface area contributed by atoms with E-state index in [-0.39, 0.29) is 18.0 Å². The average molecular weight is 330 g/mol. The number of pyridine rings is 1. The Bertz CT molecular complexity index is 1000. The number of amides is 1. The Balaban J connectivity index is 1.56. The van der Waals surface area contributed by atoms with Gasteiger partial charge < -0.3 is 4.90 Å². The fourth-order valence-electron chi connectivity index (χ4n) is 4.30. The first-order valence-corrected chi connectivity index (χ1v) is 8.69. The number of carbonyl (C=O) groups is 1. The molecule has 0 aliphatic carbocycles. The number of fused-ring (bicyclic) bond motifs is 5. The van der Waals surface area contributed by atoms with Gasteiger partial charge in [-0.05, 0) is 49.6 Å². The molecule has 1 fully saturated rings. The molecule has 1 saturated heterocycles. The molecule has 0 spiro atoms. The van der Waals surface area contributed by atoms with Crippen molar-refractivity contribution in [3.63, 3.8) is 0 Å². The highest BCUT2D eigenvalue weighted by atomic mass is 16.2. The zero-order chi connectivity index (χ0) is 17.0. The number of nitrogens with zero attached hydrogens (tertiary/aromatic N) is 4. The molecular formula is C20H18N4O. The molecule has 3 aromatic rings. The van der Waals surface area contributed by atoms with E-state index >= 15 is 0 Å². The largest absolute Gasteiger partial charge is 0.328 e. The molecule has 2 atom stereocenters. The first kappa shape index (κ1) is 14.5. The number of rotatable bonds is 1. The molecule has 0 N–H and O–H groups in total. The molecule has 2 aliphatic rings. The lowest BCUT2D eigenvalue weighted by molar-refractivity contribution is 0.0644. The van der Waals surface area contributed by atoms with E-state index in [0.717, 1.165) is 52.5 Å². The van der Waals surface area contributed by atoms with E-state index in [1.807, 2.05) is 30.5 Å². The van der Waals surface area contributed by atoms with Gasteiger partial charge in [-0.15, -0.1) is 0 Å². The van der Waals surface area contributed by atoms with E-state index in [9.17, 15) is 4.79 Å². The SMILES string of the molecule is Cc1ccnc2ccc(C(=O)N3C4CCC3c3cncnc3C4)cc12. The normalized spacial score (nSPS) is 21.4. The molecule has 5 rings (SSSR count). The second-order valence-corrected chi connectivity index (χ2v) is 6.95. The minimum Gasteiger partial charge on any atom is -0.328 e. The summed E-state index contributed by atoms with van der Waals surface area (Å²) >= 11 is 0. The van der Waals surface area contributed by atoms with Crippen molar-refractivity contribution in [2.24, 2.45) is 0 Å². The van der Waals surface area contributed by atoms with Crippen LogP contribution < -0.4 is 0 Å². The Morgan fingerprint density at radius 1 is 1.20 bits per heavy atom. The average Bonchev–Trinajstić information content (AvgIpc) is 2.96. The van der Waals surface area contributed by atoms with Crippen LogP contribution in [-0.4, -0.2) is 31.8 Å². The van der Waals surface area contributed by atoms with Gasteiger partial charge in [0.15, 0.2) is 0 Å². The standard InChI is InChI=1S/C20H18N4O/c1-12-6-7-22-17-4-2-13(8-15(12)17)20(25)24-14-3-5-19(24)16-10-21-11-23-18(16)9-14/h2,4,6-8,10-11,14,19H,3,5,9H2,1H3. The predicted molar refractivity (Wildman–Crippen MR) is 94.1 cm³/mol. The highest BCUT2D eigenvalue weighted by molar-refractivity contribution is 5.99. The molecule has 1 aromatic carbocycles. The van der Waals surface area contributed by atoms with E-state index < -0.39 is 0 Å². The predicted octanol–water partition coefficient (Wildman–Crippen LogP) is 3.24. The fraction of sp³-hybridized carbons (Fsp3) is 0.300. The van der Waals surface area contributed by atoms with Crippen molar-refractivity contribution in [3.05, 3.63) is 65.4 Å². The molecule has 2 aromatic heterocycles. The van der Waals surface area contributed by atoms with Crippen LogP contribution >= 0.6 is 0 Å². The third-order valence-corrected chi connectivity index (χ3v) is 5.56. The second kappa shape index (κ2) is 5.34. The van der Waals surface area contributed by atoms with Crippen LogP contribution in [-0.2, 0) is 6.42 Å². The number of carbonyl (C=O) groups excluding carboxylic acids is 1. The highest BCUT2D eigenvalue weighted by Crippen LogP contribution is 2.43. The Kier molecular flexibility index (Phi) is 3.10. The maximum atomic E-state index is 13.3. The molecule has 5 heteroatoms. The van der Waals surface area contributed by atoms with E-state index in [1.165, 1.54) is 0 Å². The molecule has 2 bridgehead atoms. The number of benzene rings is 1. The van der Waals surface area contributed by atoms with Crippen molar-refractivity contribution < 1.29 is 4.79 Å². The van der Waals surface area contributed by atoms with Crippen LogP contribution in [0.3, 0.4) is 0 Å². The van der Waals surface area contributed by atoms with E-state index in [4.69, 9.17) is 0 Å². The lowest BCUT2D eigenvalue weighted by Gasteiger charge is -2.35. The van der Waals surface area contributed by atoms with Gasteiger partial charge in [0.05, 0.1) is 17.3 Å². The summed E-state index contributed by atoms with van der Waals surface area (Å²) in [5.74, 6) is 0.104. The van der Waals surface area contributed by atoms with Crippen molar-refractivity contribution in [3.8, 4) is 0 Å². The van der Waals surface area contributed by atoms with Crippen LogP contribution in [0, 0.1) is 6.92 Å². The van der Waals surface area contributed by atoms with Gasteiger partial charge in [-0.25, -0.2) is 9.97 Å². The van der Waals surface area contributed by atoms with Crippen molar-refractivity contribution in [2.45, 2.75) is 38.3 Å². The summed E-state index contributed by atoms with van der Waals surface area (Å²) in [6.45, 7) is 2.05. The molecular weight excluding hydrogens is 312 g/mol. The minimum absolute atomic E-state index is 0.104. The van der Waals surface area contributed by atoms with Gasteiger partial charge in [0, 0.05) is 41.4 Å². The zero-order valence-electron chi connectivity index (χ0n) is 14.0. The summed E-state index contributed by atoms with van der Waals surface area (Å²) in [5.41, 5.74) is 5.02. The maximum Gasteiger partial charge on any atom is 0.254 e. The smallest absolute Gasteiger partial charge is 0.254 e. The molecule has 1 amide bonds. The molecule has 4 heterocycles.